The lowest BCUT2D eigenvalue weighted by Crippen LogP contribution is -2.49. The predicted octanol–water partition coefficient (Wildman–Crippen LogP) is 5.36. The lowest BCUT2D eigenvalue weighted by molar-refractivity contribution is -0.133. The molecule has 0 spiro atoms. The predicted molar refractivity (Wildman–Crippen MR) is 98.6 cm³/mol. The molecule has 0 heterocycles. The molecule has 0 unspecified atom stereocenters. The molecule has 0 aliphatic heterocycles. The van der Waals surface area contributed by atoms with Crippen molar-refractivity contribution in [3.63, 3.8) is 0 Å². The first-order valence-corrected chi connectivity index (χ1v) is 9.96. The van der Waals surface area contributed by atoms with Crippen molar-refractivity contribution in [2.45, 2.75) is 78.6 Å². The van der Waals surface area contributed by atoms with Crippen LogP contribution < -0.4 is 0 Å². The highest BCUT2D eigenvalue weighted by Gasteiger charge is 2.53. The molecule has 3 aliphatic rings. The summed E-state index contributed by atoms with van der Waals surface area (Å²) < 4.78 is 0. The Labute approximate surface area is 152 Å². The van der Waals surface area contributed by atoms with Gasteiger partial charge in [0, 0.05) is 17.8 Å². The largest absolute Gasteiger partial charge is 0.307 e. The molecular weight excluding hydrogens is 310 g/mol. The average Bonchev–Trinajstić information content (AvgIpc) is 2.58. The number of hydrogen-bond acceptors (Lipinski definition) is 2. The summed E-state index contributed by atoms with van der Waals surface area (Å²) in [7, 11) is 0. The van der Waals surface area contributed by atoms with Crippen molar-refractivity contribution in [3.05, 3.63) is 23.2 Å². The van der Waals surface area contributed by atoms with Gasteiger partial charge in [-0.15, -0.1) is 0 Å². The van der Waals surface area contributed by atoms with Gasteiger partial charge in [0.2, 0.25) is 5.70 Å². The van der Waals surface area contributed by atoms with Gasteiger partial charge in [-0.3, -0.25) is 4.79 Å². The van der Waals surface area contributed by atoms with Gasteiger partial charge < -0.3 is 4.79 Å². The second kappa shape index (κ2) is 6.71. The van der Waals surface area contributed by atoms with E-state index in [1.165, 1.54) is 19.3 Å². The summed E-state index contributed by atoms with van der Waals surface area (Å²) >= 11 is 0. The summed E-state index contributed by atoms with van der Waals surface area (Å²) in [5.41, 5.74) is -0.294. The third-order valence-electron chi connectivity index (χ3n) is 7.21. The summed E-state index contributed by atoms with van der Waals surface area (Å²) in [5.74, 6) is 1.44. The van der Waals surface area contributed by atoms with Crippen molar-refractivity contribution in [1.29, 1.82) is 0 Å². The number of Topliss-reactive ketones (excluding diaryl/α,β-unsaturated/α-hetero) is 2. The minimum atomic E-state index is -0.471. The summed E-state index contributed by atoms with van der Waals surface area (Å²) in [6, 6.07) is 0. The van der Waals surface area contributed by atoms with Gasteiger partial charge in [-0.2, -0.15) is 0 Å². The van der Waals surface area contributed by atoms with Crippen molar-refractivity contribution in [1.82, 2.24) is 0 Å². The van der Waals surface area contributed by atoms with Crippen LogP contribution >= 0.6 is 0 Å². The number of rotatable bonds is 3. The number of carbonyl (C=O) groups is 2. The van der Waals surface area contributed by atoms with Crippen LogP contribution in [0.4, 0.5) is 0 Å². The molecule has 3 atom stereocenters. The second-order valence-electron chi connectivity index (χ2n) is 9.40. The van der Waals surface area contributed by atoms with E-state index in [1.807, 2.05) is 19.9 Å². The normalized spacial score (nSPS) is 35.4. The Kier molecular flexibility index (Phi) is 4.93. The Bertz CT molecular complexity index is 633. The van der Waals surface area contributed by atoms with Crippen LogP contribution in [0.1, 0.15) is 78.6 Å². The first-order chi connectivity index (χ1) is 11.8. The van der Waals surface area contributed by atoms with Gasteiger partial charge in [0.25, 0.3) is 0 Å². The van der Waals surface area contributed by atoms with E-state index in [2.05, 4.69) is 11.8 Å². The molecule has 0 bridgehead atoms. The lowest BCUT2D eigenvalue weighted by Gasteiger charge is -2.52. The highest BCUT2D eigenvalue weighted by atomic mass is 16.1. The molecule has 0 amide bonds. The van der Waals surface area contributed by atoms with Gasteiger partial charge in [-0.1, -0.05) is 46.1 Å². The van der Waals surface area contributed by atoms with Crippen LogP contribution in [0.15, 0.2) is 11.8 Å². The van der Waals surface area contributed by atoms with Crippen LogP contribution in [0, 0.1) is 35.2 Å². The van der Waals surface area contributed by atoms with Gasteiger partial charge in [-0.05, 0) is 49.4 Å². The molecule has 25 heavy (non-hydrogen) atoms. The fourth-order valence-corrected chi connectivity index (χ4v) is 5.94. The Morgan fingerprint density at radius 1 is 1.16 bits per heavy atom. The first kappa shape index (κ1) is 18.4. The van der Waals surface area contributed by atoms with Crippen molar-refractivity contribution in [2.75, 3.05) is 0 Å². The fraction of sp³-hybridized carbons (Fsp3) is 0.773. The van der Waals surface area contributed by atoms with E-state index in [1.54, 1.807) is 0 Å². The first-order valence-electron chi connectivity index (χ1n) is 9.96. The van der Waals surface area contributed by atoms with Crippen molar-refractivity contribution in [3.8, 4) is 0 Å². The summed E-state index contributed by atoms with van der Waals surface area (Å²) in [4.78, 5) is 28.8. The lowest BCUT2D eigenvalue weighted by atomic mass is 9.51. The Morgan fingerprint density at radius 2 is 1.84 bits per heavy atom. The van der Waals surface area contributed by atoms with E-state index in [0.717, 1.165) is 32.1 Å². The Morgan fingerprint density at radius 3 is 2.48 bits per heavy atom. The molecule has 0 aromatic heterocycles. The molecule has 0 aromatic rings. The quantitative estimate of drug-likeness (QED) is 0.648. The molecular formula is C22H31NO2. The van der Waals surface area contributed by atoms with E-state index in [4.69, 9.17) is 6.57 Å². The fourth-order valence-electron chi connectivity index (χ4n) is 5.94. The Hall–Kier alpha value is -1.43. The molecule has 0 saturated heterocycles. The van der Waals surface area contributed by atoms with Crippen LogP contribution in [-0.4, -0.2) is 11.6 Å². The molecule has 3 heteroatoms. The van der Waals surface area contributed by atoms with Gasteiger partial charge in [0.05, 0.1) is 6.57 Å². The zero-order valence-electron chi connectivity index (χ0n) is 15.9. The maximum Gasteiger partial charge on any atom is 0.226 e. The van der Waals surface area contributed by atoms with Crippen molar-refractivity contribution >= 4 is 11.6 Å². The molecule has 3 rings (SSSR count). The zero-order chi connectivity index (χ0) is 18.2. The minimum absolute atomic E-state index is 0.00158. The molecule has 3 aliphatic carbocycles. The van der Waals surface area contributed by atoms with Gasteiger partial charge in [0.1, 0.15) is 5.78 Å². The molecule has 136 valence electrons. The number of hydrogen-bond donors (Lipinski definition) is 0. The van der Waals surface area contributed by atoms with Crippen LogP contribution in [-0.2, 0) is 9.59 Å². The van der Waals surface area contributed by atoms with Crippen molar-refractivity contribution in [2.24, 2.45) is 28.6 Å². The molecule has 2 fully saturated rings. The van der Waals surface area contributed by atoms with Crippen LogP contribution in [0.25, 0.3) is 4.85 Å². The third kappa shape index (κ3) is 3.33. The monoisotopic (exact) mass is 341 g/mol. The highest BCUT2D eigenvalue weighted by Crippen LogP contribution is 2.57. The maximum absolute atomic E-state index is 12.7. The molecule has 0 N–H and O–H groups in total. The highest BCUT2D eigenvalue weighted by molar-refractivity contribution is 6.02. The maximum atomic E-state index is 12.7. The van der Waals surface area contributed by atoms with E-state index in [9.17, 15) is 9.59 Å². The number of fused-ring (bicyclic) bond motifs is 1. The number of carbonyl (C=O) groups excluding carboxylic acids is 2. The van der Waals surface area contributed by atoms with Crippen LogP contribution in [0.5, 0.6) is 0 Å². The smallest absolute Gasteiger partial charge is 0.226 e. The average molecular weight is 341 g/mol. The van der Waals surface area contributed by atoms with E-state index in [-0.39, 0.29) is 23.0 Å². The van der Waals surface area contributed by atoms with E-state index < -0.39 is 5.41 Å². The van der Waals surface area contributed by atoms with Crippen LogP contribution in [0.2, 0.25) is 0 Å². The Balaban J connectivity index is 1.75. The summed E-state index contributed by atoms with van der Waals surface area (Å²) in [6.45, 7) is 13.6. The van der Waals surface area contributed by atoms with Gasteiger partial charge in [-0.25, -0.2) is 4.85 Å². The molecule has 0 aromatic carbocycles. The standard InChI is InChI=1S/C22H31NO2/c1-21(2)19-11-10-15(12-18(24)16-8-6-5-7-9-16)13-22(19,3)14-17(23-4)20(21)25/h14-16,19H,5-13H2,1-3H3/t15-,19+,22+/m1/s1. The van der Waals surface area contributed by atoms with E-state index in [0.29, 0.717) is 23.8 Å². The van der Waals surface area contributed by atoms with Crippen LogP contribution in [0.3, 0.4) is 0 Å². The summed E-state index contributed by atoms with van der Waals surface area (Å²) in [5, 5.41) is 0. The summed E-state index contributed by atoms with van der Waals surface area (Å²) in [6.07, 6.45) is 11.4. The molecule has 3 nitrogen and oxygen atoms in total. The van der Waals surface area contributed by atoms with Gasteiger partial charge in [0.15, 0.2) is 5.78 Å². The van der Waals surface area contributed by atoms with E-state index >= 15 is 0 Å². The number of nitrogens with zero attached hydrogens (tertiary/aromatic N) is 1. The number of ketones is 2. The zero-order valence-corrected chi connectivity index (χ0v) is 15.9. The van der Waals surface area contributed by atoms with Gasteiger partial charge >= 0.3 is 0 Å². The van der Waals surface area contributed by atoms with Crippen molar-refractivity contribution < 1.29 is 9.59 Å². The molecule has 2 saturated carbocycles. The third-order valence-corrected chi connectivity index (χ3v) is 7.21. The minimum Gasteiger partial charge on any atom is -0.307 e. The molecule has 0 radical (unpaired) electrons. The number of allylic oxidation sites excluding steroid dienone is 2. The SMILES string of the molecule is [C-]#[N+]C1=C[C@]2(C)C[C@@H](CC(=O)C3CCCCC3)CC[C@H]2C(C)(C)C1=O. The topological polar surface area (TPSA) is 38.5 Å². The second-order valence-corrected chi connectivity index (χ2v) is 9.40.